The molecule has 0 saturated carbocycles. The van der Waals surface area contributed by atoms with E-state index in [9.17, 15) is 9.90 Å². The summed E-state index contributed by atoms with van der Waals surface area (Å²) >= 11 is 0. The lowest BCUT2D eigenvalue weighted by atomic mass is 10.1. The number of aromatic nitrogens is 1. The number of pyridine rings is 1. The molecular formula is C19H24N2O2. The standard InChI is InChI=1S/C19H24N2O2/c1-16-7-3-4-8-17(2)13-20(12-10-16)14-18(22)15-21-11-6-5-9-19(21)23/h3-9,11,18,22H,1-2,10,12-15H2/b7-3-,8-4-. The van der Waals surface area contributed by atoms with Crippen LogP contribution in [-0.2, 0) is 6.54 Å². The highest BCUT2D eigenvalue weighted by molar-refractivity contribution is 5.26. The molecule has 4 heteroatoms. The van der Waals surface area contributed by atoms with Crippen LogP contribution in [0.25, 0.3) is 0 Å². The Labute approximate surface area is 137 Å². The van der Waals surface area contributed by atoms with E-state index in [1.54, 1.807) is 18.3 Å². The second-order valence-corrected chi connectivity index (χ2v) is 5.86. The summed E-state index contributed by atoms with van der Waals surface area (Å²) in [4.78, 5) is 13.9. The molecule has 0 fully saturated rings. The van der Waals surface area contributed by atoms with Crippen molar-refractivity contribution < 1.29 is 5.11 Å². The molecule has 1 aromatic heterocycles. The van der Waals surface area contributed by atoms with Gasteiger partial charge in [0.1, 0.15) is 0 Å². The molecule has 122 valence electrons. The van der Waals surface area contributed by atoms with E-state index in [4.69, 9.17) is 0 Å². The number of nitrogens with zero attached hydrogens (tertiary/aromatic N) is 2. The van der Waals surface area contributed by atoms with Gasteiger partial charge in [-0.25, -0.2) is 0 Å². The van der Waals surface area contributed by atoms with Gasteiger partial charge >= 0.3 is 0 Å². The summed E-state index contributed by atoms with van der Waals surface area (Å²) in [6.07, 6.45) is 9.82. The molecule has 1 aromatic rings. The summed E-state index contributed by atoms with van der Waals surface area (Å²) < 4.78 is 1.53. The van der Waals surface area contributed by atoms with E-state index in [0.717, 1.165) is 24.1 Å². The fraction of sp³-hybridized carbons (Fsp3) is 0.316. The maximum atomic E-state index is 11.7. The van der Waals surface area contributed by atoms with Crippen molar-refractivity contribution in [3.63, 3.8) is 0 Å². The van der Waals surface area contributed by atoms with Crippen LogP contribution in [-0.4, -0.2) is 40.3 Å². The lowest BCUT2D eigenvalue weighted by Crippen LogP contribution is -2.38. The van der Waals surface area contributed by atoms with Gasteiger partial charge in [-0.15, -0.1) is 0 Å². The Hall–Kier alpha value is -2.17. The van der Waals surface area contributed by atoms with Gasteiger partial charge in [-0.2, -0.15) is 0 Å². The van der Waals surface area contributed by atoms with Crippen LogP contribution >= 0.6 is 0 Å². The average Bonchev–Trinajstić information content (AvgIpc) is 2.51. The minimum atomic E-state index is -0.612. The monoisotopic (exact) mass is 312 g/mol. The first kappa shape index (κ1) is 17.2. The Bertz CT molecular complexity index is 670. The normalized spacial score (nSPS) is 20.9. The highest BCUT2D eigenvalue weighted by atomic mass is 16.3. The number of aliphatic hydroxyl groups excluding tert-OH is 1. The molecule has 1 atom stereocenters. The molecular weight excluding hydrogens is 288 g/mol. The van der Waals surface area contributed by atoms with E-state index in [2.05, 4.69) is 18.1 Å². The van der Waals surface area contributed by atoms with Gasteiger partial charge in [0.15, 0.2) is 0 Å². The maximum absolute atomic E-state index is 11.7. The summed E-state index contributed by atoms with van der Waals surface area (Å²) in [5.41, 5.74) is 1.95. The number of aliphatic hydroxyl groups is 1. The maximum Gasteiger partial charge on any atom is 0.250 e. The molecule has 1 aliphatic rings. The van der Waals surface area contributed by atoms with Gasteiger partial charge in [-0.1, -0.05) is 49.1 Å². The van der Waals surface area contributed by atoms with Crippen LogP contribution in [0.3, 0.4) is 0 Å². The summed E-state index contributed by atoms with van der Waals surface area (Å²) in [5, 5.41) is 10.3. The lowest BCUT2D eigenvalue weighted by molar-refractivity contribution is 0.102. The van der Waals surface area contributed by atoms with Crippen LogP contribution in [0, 0.1) is 0 Å². The zero-order chi connectivity index (χ0) is 16.7. The molecule has 0 aromatic carbocycles. The molecule has 23 heavy (non-hydrogen) atoms. The molecule has 0 aliphatic carbocycles. The Morgan fingerprint density at radius 3 is 2.61 bits per heavy atom. The van der Waals surface area contributed by atoms with Gasteiger partial charge in [-0.05, 0) is 18.1 Å². The van der Waals surface area contributed by atoms with Crippen molar-refractivity contribution in [3.05, 3.63) is 83.4 Å². The number of allylic oxidation sites excluding steroid dienone is 3. The predicted octanol–water partition coefficient (Wildman–Crippen LogP) is 2.14. The van der Waals surface area contributed by atoms with E-state index in [1.165, 1.54) is 10.6 Å². The van der Waals surface area contributed by atoms with Crippen molar-refractivity contribution in [3.8, 4) is 0 Å². The Morgan fingerprint density at radius 2 is 1.87 bits per heavy atom. The lowest BCUT2D eigenvalue weighted by Gasteiger charge is -2.26. The average molecular weight is 312 g/mol. The zero-order valence-corrected chi connectivity index (χ0v) is 13.4. The third-order valence-electron chi connectivity index (χ3n) is 3.73. The van der Waals surface area contributed by atoms with Gasteiger partial charge in [0, 0.05) is 31.9 Å². The van der Waals surface area contributed by atoms with E-state index < -0.39 is 6.10 Å². The third-order valence-corrected chi connectivity index (χ3v) is 3.73. The zero-order valence-electron chi connectivity index (χ0n) is 13.4. The predicted molar refractivity (Wildman–Crippen MR) is 94.3 cm³/mol. The summed E-state index contributed by atoms with van der Waals surface area (Å²) in [6.45, 7) is 10.3. The smallest absolute Gasteiger partial charge is 0.250 e. The molecule has 0 saturated heterocycles. The van der Waals surface area contributed by atoms with Crippen molar-refractivity contribution in [2.75, 3.05) is 19.6 Å². The van der Waals surface area contributed by atoms with Gasteiger partial charge in [-0.3, -0.25) is 9.69 Å². The second-order valence-electron chi connectivity index (χ2n) is 5.86. The van der Waals surface area contributed by atoms with Crippen molar-refractivity contribution in [2.45, 2.75) is 19.1 Å². The quantitative estimate of drug-likeness (QED) is 0.926. The first-order valence-corrected chi connectivity index (χ1v) is 7.81. The van der Waals surface area contributed by atoms with Gasteiger partial charge in [0.2, 0.25) is 0 Å². The van der Waals surface area contributed by atoms with Gasteiger partial charge in [0.25, 0.3) is 5.56 Å². The minimum absolute atomic E-state index is 0.0987. The molecule has 2 rings (SSSR count). The fourth-order valence-electron chi connectivity index (χ4n) is 2.54. The molecule has 0 spiro atoms. The minimum Gasteiger partial charge on any atom is -0.390 e. The molecule has 0 bridgehead atoms. The van der Waals surface area contributed by atoms with Crippen molar-refractivity contribution in [1.29, 1.82) is 0 Å². The van der Waals surface area contributed by atoms with Crippen LogP contribution < -0.4 is 5.56 Å². The van der Waals surface area contributed by atoms with Crippen molar-refractivity contribution in [2.24, 2.45) is 0 Å². The summed E-state index contributed by atoms with van der Waals surface area (Å²) in [6, 6.07) is 4.99. The third kappa shape index (κ3) is 5.85. The fourth-order valence-corrected chi connectivity index (χ4v) is 2.54. The largest absolute Gasteiger partial charge is 0.390 e. The van der Waals surface area contributed by atoms with Crippen LogP contribution in [0.2, 0.25) is 0 Å². The summed E-state index contributed by atoms with van der Waals surface area (Å²) in [5.74, 6) is 0. The molecule has 1 N–H and O–H groups in total. The van der Waals surface area contributed by atoms with E-state index in [1.807, 2.05) is 24.3 Å². The number of hydrogen-bond acceptors (Lipinski definition) is 3. The molecule has 1 unspecified atom stereocenters. The van der Waals surface area contributed by atoms with Crippen molar-refractivity contribution in [1.82, 2.24) is 9.47 Å². The Kier molecular flexibility index (Phi) is 6.32. The first-order valence-electron chi connectivity index (χ1n) is 7.81. The summed E-state index contributed by atoms with van der Waals surface area (Å²) in [7, 11) is 0. The highest BCUT2D eigenvalue weighted by Crippen LogP contribution is 2.09. The van der Waals surface area contributed by atoms with E-state index >= 15 is 0 Å². The second kappa shape index (κ2) is 8.46. The van der Waals surface area contributed by atoms with Crippen LogP contribution in [0.1, 0.15) is 6.42 Å². The van der Waals surface area contributed by atoms with E-state index in [-0.39, 0.29) is 5.56 Å². The molecule has 1 aliphatic heterocycles. The van der Waals surface area contributed by atoms with Crippen LogP contribution in [0.4, 0.5) is 0 Å². The number of β-amino-alcohol motifs (C(OH)–C–C–N with tert-alkyl or cyclic N) is 1. The molecule has 0 amide bonds. The topological polar surface area (TPSA) is 45.5 Å². The number of rotatable bonds is 4. The van der Waals surface area contributed by atoms with Gasteiger partial charge in [0.05, 0.1) is 12.6 Å². The molecule has 2 heterocycles. The van der Waals surface area contributed by atoms with Crippen LogP contribution in [0.5, 0.6) is 0 Å². The van der Waals surface area contributed by atoms with Crippen molar-refractivity contribution >= 4 is 0 Å². The van der Waals surface area contributed by atoms with Crippen LogP contribution in [0.15, 0.2) is 77.8 Å². The first-order chi connectivity index (χ1) is 11.0. The Balaban J connectivity index is 1.99. The molecule has 0 radical (unpaired) electrons. The SMILES string of the molecule is C=C1/C=C\C=C/C(=C)CN(CC(O)Cn2ccccc2=O)CC1. The van der Waals surface area contributed by atoms with Gasteiger partial charge < -0.3 is 9.67 Å². The highest BCUT2D eigenvalue weighted by Gasteiger charge is 2.14. The molecule has 4 nitrogen and oxygen atoms in total. The van der Waals surface area contributed by atoms with E-state index in [0.29, 0.717) is 19.6 Å². The Morgan fingerprint density at radius 1 is 1.13 bits per heavy atom. The number of hydrogen-bond donors (Lipinski definition) is 1.